The zero-order valence-corrected chi connectivity index (χ0v) is 19.0. The molecular weight excluding hydrogens is 396 g/mol. The third kappa shape index (κ3) is 6.66. The van der Waals surface area contributed by atoms with Gasteiger partial charge in [0, 0.05) is 29.6 Å². The predicted octanol–water partition coefficient (Wildman–Crippen LogP) is 4.64. The highest BCUT2D eigenvalue weighted by Crippen LogP contribution is 2.30. The summed E-state index contributed by atoms with van der Waals surface area (Å²) in [6, 6.07) is 21.9. The molecule has 4 rings (SSSR count). The lowest BCUT2D eigenvalue weighted by Crippen LogP contribution is -2.41. The maximum atomic E-state index is 10.0. The van der Waals surface area contributed by atoms with E-state index in [-0.39, 0.29) is 0 Å². The summed E-state index contributed by atoms with van der Waals surface area (Å²) in [5.41, 5.74) is 22.7. The summed E-state index contributed by atoms with van der Waals surface area (Å²) in [5.74, 6) is 0.467. The van der Waals surface area contributed by atoms with Crippen LogP contribution in [0.15, 0.2) is 66.7 Å². The van der Waals surface area contributed by atoms with Crippen molar-refractivity contribution in [2.75, 3.05) is 30.3 Å². The highest BCUT2D eigenvalue weighted by atomic mass is 16.3. The number of nitrogen functional groups attached to an aromatic ring is 3. The predicted molar refractivity (Wildman–Crippen MR) is 136 cm³/mol. The van der Waals surface area contributed by atoms with Crippen molar-refractivity contribution in [1.29, 1.82) is 0 Å². The van der Waals surface area contributed by atoms with Crippen LogP contribution in [0.3, 0.4) is 0 Å². The molecule has 1 atom stereocenters. The topological polar surface area (TPSA) is 102 Å². The Hall–Kier alpha value is -3.18. The van der Waals surface area contributed by atoms with Gasteiger partial charge in [-0.1, -0.05) is 31.2 Å². The van der Waals surface area contributed by atoms with Crippen molar-refractivity contribution in [1.82, 2.24) is 4.90 Å². The van der Waals surface area contributed by atoms with Gasteiger partial charge in [-0.3, -0.25) is 4.90 Å². The number of hydrogen-bond acceptors (Lipinski definition) is 5. The Balaban J connectivity index is 0.000000305. The highest BCUT2D eigenvalue weighted by molar-refractivity contribution is 5.48. The first-order valence-electron chi connectivity index (χ1n) is 11.5. The molecule has 0 aliphatic heterocycles. The Morgan fingerprint density at radius 3 is 2.03 bits per heavy atom. The number of nitrogens with zero attached hydrogens (tertiary/aromatic N) is 1. The van der Waals surface area contributed by atoms with E-state index in [4.69, 9.17) is 17.2 Å². The number of benzene rings is 3. The van der Waals surface area contributed by atoms with Crippen LogP contribution in [0.25, 0.3) is 0 Å². The Labute approximate surface area is 191 Å². The lowest BCUT2D eigenvalue weighted by atomic mass is 9.86. The first-order chi connectivity index (χ1) is 15.5. The molecule has 0 bridgehead atoms. The average Bonchev–Trinajstić information content (AvgIpc) is 2.80. The molecule has 3 aromatic carbocycles. The first-order valence-corrected chi connectivity index (χ1v) is 11.5. The number of nitrogens with two attached hydrogens (primary N) is 3. The molecule has 5 nitrogen and oxygen atoms in total. The number of aromatic hydroxyl groups is 1. The van der Waals surface area contributed by atoms with Gasteiger partial charge in [0.2, 0.25) is 0 Å². The van der Waals surface area contributed by atoms with Gasteiger partial charge in [-0.15, -0.1) is 0 Å². The Kier molecular flexibility index (Phi) is 8.40. The molecule has 0 spiro atoms. The van der Waals surface area contributed by atoms with Crippen molar-refractivity contribution >= 4 is 17.1 Å². The van der Waals surface area contributed by atoms with Crippen molar-refractivity contribution in [3.05, 3.63) is 83.4 Å². The zero-order chi connectivity index (χ0) is 22.9. The molecule has 170 valence electrons. The molecular formula is C27H36N4O. The van der Waals surface area contributed by atoms with Crippen molar-refractivity contribution in [2.45, 2.75) is 45.1 Å². The second kappa shape index (κ2) is 11.4. The van der Waals surface area contributed by atoms with Gasteiger partial charge in [0.25, 0.3) is 0 Å². The minimum atomic E-state index is 0.467. The van der Waals surface area contributed by atoms with Crippen molar-refractivity contribution in [3.8, 4) is 5.75 Å². The fraction of sp³-hybridized carbons (Fsp3) is 0.333. The van der Waals surface area contributed by atoms with E-state index in [1.165, 1.54) is 17.5 Å². The number of hydrogen-bond donors (Lipinski definition) is 4. The van der Waals surface area contributed by atoms with Gasteiger partial charge < -0.3 is 22.3 Å². The molecule has 0 aromatic heterocycles. The third-order valence-electron chi connectivity index (χ3n) is 6.06. The smallest absolute Gasteiger partial charge is 0.119 e. The van der Waals surface area contributed by atoms with Gasteiger partial charge >= 0.3 is 0 Å². The highest BCUT2D eigenvalue weighted by Gasteiger charge is 2.25. The maximum absolute atomic E-state index is 10.0. The minimum absolute atomic E-state index is 0.467. The average molecular weight is 433 g/mol. The molecule has 1 unspecified atom stereocenters. The fourth-order valence-electron chi connectivity index (χ4n) is 4.30. The number of fused-ring (bicyclic) bond motifs is 1. The van der Waals surface area contributed by atoms with E-state index in [1.54, 1.807) is 24.3 Å². The van der Waals surface area contributed by atoms with Gasteiger partial charge in [0.05, 0.1) is 0 Å². The molecule has 0 amide bonds. The quantitative estimate of drug-likeness (QED) is 0.425. The van der Waals surface area contributed by atoms with E-state index < -0.39 is 0 Å². The molecule has 3 aromatic rings. The van der Waals surface area contributed by atoms with Crippen LogP contribution in [-0.2, 0) is 19.3 Å². The molecule has 32 heavy (non-hydrogen) atoms. The second-order valence-corrected chi connectivity index (χ2v) is 8.51. The molecule has 0 saturated heterocycles. The summed E-state index contributed by atoms with van der Waals surface area (Å²) < 4.78 is 0. The van der Waals surface area contributed by atoms with Gasteiger partial charge in [-0.2, -0.15) is 0 Å². The van der Waals surface area contributed by atoms with E-state index in [0.717, 1.165) is 61.4 Å². The molecule has 0 saturated carbocycles. The summed E-state index contributed by atoms with van der Waals surface area (Å²) in [6.45, 7) is 4.46. The summed E-state index contributed by atoms with van der Waals surface area (Å²) >= 11 is 0. The molecule has 0 heterocycles. The summed E-state index contributed by atoms with van der Waals surface area (Å²) in [5, 5.41) is 10.0. The van der Waals surface area contributed by atoms with E-state index in [2.05, 4.69) is 30.0 Å². The van der Waals surface area contributed by atoms with Crippen molar-refractivity contribution < 1.29 is 5.11 Å². The Bertz CT molecular complexity index is 949. The lowest BCUT2D eigenvalue weighted by molar-refractivity contribution is 0.181. The Morgan fingerprint density at radius 2 is 1.44 bits per heavy atom. The molecule has 5 heteroatoms. The van der Waals surface area contributed by atoms with E-state index >= 15 is 0 Å². The van der Waals surface area contributed by atoms with Gasteiger partial charge in [0.1, 0.15) is 5.75 Å². The number of phenols is 1. The third-order valence-corrected chi connectivity index (χ3v) is 6.06. The molecule has 1 aliphatic carbocycles. The SMILES string of the molecule is CCCN(CCc1ccc(N)cc1)C1CCc2c(O)cccc2C1.Nc1ccc(N)cc1. The van der Waals surface area contributed by atoms with Crippen LogP contribution < -0.4 is 17.2 Å². The summed E-state index contributed by atoms with van der Waals surface area (Å²) in [6.07, 6.45) is 5.39. The van der Waals surface area contributed by atoms with Crippen LogP contribution in [0.4, 0.5) is 17.1 Å². The summed E-state index contributed by atoms with van der Waals surface area (Å²) in [7, 11) is 0. The second-order valence-electron chi connectivity index (χ2n) is 8.51. The standard InChI is InChI=1S/C21H28N2O.C6H8N2/c1-2-13-23(14-12-16-6-8-18(22)9-7-16)19-10-11-20-17(15-19)4-3-5-21(20)24;7-5-1-2-6(8)4-3-5/h3-9,19,24H,2,10-15,22H2,1H3;1-4H,7-8H2. The van der Waals surface area contributed by atoms with Gasteiger partial charge in [-0.05, 0) is 97.8 Å². The maximum Gasteiger partial charge on any atom is 0.119 e. The van der Waals surface area contributed by atoms with E-state index in [1.807, 2.05) is 24.3 Å². The molecule has 1 aliphatic rings. The van der Waals surface area contributed by atoms with Crippen molar-refractivity contribution in [2.24, 2.45) is 0 Å². The van der Waals surface area contributed by atoms with Crippen LogP contribution in [-0.4, -0.2) is 29.1 Å². The minimum Gasteiger partial charge on any atom is -0.508 e. The monoisotopic (exact) mass is 432 g/mol. The molecule has 7 N–H and O–H groups in total. The summed E-state index contributed by atoms with van der Waals surface area (Å²) in [4.78, 5) is 2.63. The normalized spacial score (nSPS) is 15.0. The molecule has 0 radical (unpaired) electrons. The van der Waals surface area contributed by atoms with Crippen LogP contribution >= 0.6 is 0 Å². The number of anilines is 3. The molecule has 0 fully saturated rings. The number of rotatable bonds is 6. The van der Waals surface area contributed by atoms with Crippen LogP contribution in [0.1, 0.15) is 36.5 Å². The van der Waals surface area contributed by atoms with Crippen LogP contribution in [0.5, 0.6) is 5.75 Å². The fourth-order valence-corrected chi connectivity index (χ4v) is 4.30. The van der Waals surface area contributed by atoms with Gasteiger partial charge in [0.15, 0.2) is 0 Å². The lowest BCUT2D eigenvalue weighted by Gasteiger charge is -2.35. The largest absolute Gasteiger partial charge is 0.508 e. The van der Waals surface area contributed by atoms with E-state index in [9.17, 15) is 5.11 Å². The van der Waals surface area contributed by atoms with Gasteiger partial charge in [-0.25, -0.2) is 0 Å². The first kappa shape index (κ1) is 23.5. The Morgan fingerprint density at radius 1 is 0.844 bits per heavy atom. The number of phenolic OH excluding ortho intramolecular Hbond substituents is 1. The van der Waals surface area contributed by atoms with Crippen LogP contribution in [0, 0.1) is 0 Å². The van der Waals surface area contributed by atoms with E-state index in [0.29, 0.717) is 11.8 Å². The zero-order valence-electron chi connectivity index (χ0n) is 19.0. The van der Waals surface area contributed by atoms with Crippen molar-refractivity contribution in [3.63, 3.8) is 0 Å². The van der Waals surface area contributed by atoms with Crippen LogP contribution in [0.2, 0.25) is 0 Å².